The Morgan fingerprint density at radius 2 is 1.95 bits per heavy atom. The van der Waals surface area contributed by atoms with Crippen LogP contribution in [0.3, 0.4) is 0 Å². The van der Waals surface area contributed by atoms with Crippen molar-refractivity contribution < 1.29 is 13.4 Å². The molecular weight excluding hydrogens is 281 g/mol. The van der Waals surface area contributed by atoms with E-state index in [2.05, 4.69) is 10.2 Å². The zero-order valence-corrected chi connectivity index (χ0v) is 12.2. The number of benzene rings is 1. The van der Waals surface area contributed by atoms with Crippen LogP contribution in [0.2, 0.25) is 0 Å². The van der Waals surface area contributed by atoms with Crippen molar-refractivity contribution in [2.75, 3.05) is 6.26 Å². The molecule has 1 aromatic carbocycles. The number of Topliss-reactive ketones (excluding diaryl/α,β-unsaturated/α-hetero) is 1. The maximum absolute atomic E-state index is 13.5. The average molecular weight is 295 g/mol. The first-order valence-corrected chi connectivity index (χ1v) is 7.47. The van der Waals surface area contributed by atoms with Gasteiger partial charge in [-0.2, -0.15) is 0 Å². The molecule has 0 N–H and O–H groups in total. The normalized spacial score (nSPS) is 12.4. The van der Waals surface area contributed by atoms with E-state index in [9.17, 15) is 13.4 Å². The number of aromatic nitrogens is 3. The van der Waals surface area contributed by atoms with Crippen LogP contribution >= 0.6 is 0 Å². The zero-order chi connectivity index (χ0) is 14.9. The van der Waals surface area contributed by atoms with Gasteiger partial charge in [0.25, 0.3) is 0 Å². The molecule has 0 aliphatic carbocycles. The van der Waals surface area contributed by atoms with E-state index in [1.165, 1.54) is 29.3 Å². The highest BCUT2D eigenvalue weighted by Gasteiger charge is 2.15. The van der Waals surface area contributed by atoms with Crippen LogP contribution in [0.25, 0.3) is 0 Å². The summed E-state index contributed by atoms with van der Waals surface area (Å²) < 4.78 is 26.4. The van der Waals surface area contributed by atoms with Crippen LogP contribution in [0, 0.1) is 19.7 Å². The second-order valence-corrected chi connectivity index (χ2v) is 5.82. The Kier molecular flexibility index (Phi) is 4.08. The molecule has 0 aliphatic rings. The van der Waals surface area contributed by atoms with Crippen LogP contribution in [0.5, 0.6) is 0 Å². The van der Waals surface area contributed by atoms with E-state index in [1.54, 1.807) is 13.8 Å². The highest BCUT2D eigenvalue weighted by molar-refractivity contribution is 7.84. The summed E-state index contributed by atoms with van der Waals surface area (Å²) in [6, 6.07) is 3.02. The van der Waals surface area contributed by atoms with Crippen LogP contribution in [-0.2, 0) is 17.3 Å². The van der Waals surface area contributed by atoms with E-state index < -0.39 is 10.8 Å². The van der Waals surface area contributed by atoms with Crippen LogP contribution in [0.1, 0.15) is 21.5 Å². The highest BCUT2D eigenvalue weighted by Crippen LogP contribution is 2.16. The van der Waals surface area contributed by atoms with E-state index in [0.717, 1.165) is 0 Å². The molecule has 0 fully saturated rings. The van der Waals surface area contributed by atoms with Gasteiger partial charge < -0.3 is 0 Å². The summed E-state index contributed by atoms with van der Waals surface area (Å²) in [5, 5.41) is 7.60. The van der Waals surface area contributed by atoms with Crippen molar-refractivity contribution >= 4 is 16.6 Å². The minimum Gasteiger partial charge on any atom is -0.299 e. The quantitative estimate of drug-likeness (QED) is 0.805. The van der Waals surface area contributed by atoms with E-state index in [0.29, 0.717) is 16.7 Å². The molecule has 0 bridgehead atoms. The SMILES string of the molecule is Cc1cc(C(=O)Cn2cnnc2[S@](C)=O)cc(C)c1F. The molecule has 0 spiro atoms. The minimum atomic E-state index is -1.32. The zero-order valence-electron chi connectivity index (χ0n) is 11.4. The Balaban J connectivity index is 2.29. The van der Waals surface area contributed by atoms with Gasteiger partial charge in [0, 0.05) is 11.8 Å². The Hall–Kier alpha value is -1.89. The summed E-state index contributed by atoms with van der Waals surface area (Å²) in [5.41, 5.74) is 1.27. The molecule has 20 heavy (non-hydrogen) atoms. The smallest absolute Gasteiger partial charge is 0.221 e. The first kappa shape index (κ1) is 14.5. The molecule has 5 nitrogen and oxygen atoms in total. The summed E-state index contributed by atoms with van der Waals surface area (Å²) >= 11 is 0. The first-order valence-electron chi connectivity index (χ1n) is 5.91. The second kappa shape index (κ2) is 5.62. The molecule has 0 aliphatic heterocycles. The molecular formula is C13H14FN3O2S. The Morgan fingerprint density at radius 3 is 2.50 bits per heavy atom. The summed E-state index contributed by atoms with van der Waals surface area (Å²) in [4.78, 5) is 12.2. The first-order chi connectivity index (χ1) is 9.40. The number of carbonyl (C=O) groups is 1. The molecule has 7 heteroatoms. The highest BCUT2D eigenvalue weighted by atomic mass is 32.2. The largest absolute Gasteiger partial charge is 0.299 e. The number of carbonyl (C=O) groups excluding carboxylic acids is 1. The van der Waals surface area contributed by atoms with Crippen molar-refractivity contribution in [3.8, 4) is 0 Å². The van der Waals surface area contributed by atoms with Gasteiger partial charge in [-0.05, 0) is 37.1 Å². The third-order valence-electron chi connectivity index (χ3n) is 2.91. The van der Waals surface area contributed by atoms with Crippen LogP contribution in [-0.4, -0.2) is 31.0 Å². The van der Waals surface area contributed by atoms with Gasteiger partial charge >= 0.3 is 0 Å². The number of nitrogens with zero attached hydrogens (tertiary/aromatic N) is 3. The lowest BCUT2D eigenvalue weighted by Gasteiger charge is -2.07. The molecule has 2 rings (SSSR count). The van der Waals surface area contributed by atoms with E-state index in [1.807, 2.05) is 0 Å². The fourth-order valence-corrected chi connectivity index (χ4v) is 2.53. The maximum Gasteiger partial charge on any atom is 0.221 e. The predicted molar refractivity (Wildman–Crippen MR) is 72.6 cm³/mol. The van der Waals surface area contributed by atoms with Crippen molar-refractivity contribution in [2.24, 2.45) is 0 Å². The third-order valence-corrected chi connectivity index (χ3v) is 3.74. The molecule has 0 saturated carbocycles. The maximum atomic E-state index is 13.5. The van der Waals surface area contributed by atoms with Gasteiger partial charge in [-0.25, -0.2) is 4.39 Å². The van der Waals surface area contributed by atoms with Gasteiger partial charge in [-0.15, -0.1) is 10.2 Å². The van der Waals surface area contributed by atoms with Gasteiger partial charge in [-0.1, -0.05) is 0 Å². The Bertz CT molecular complexity index is 674. The number of rotatable bonds is 4. The number of halogens is 1. The van der Waals surface area contributed by atoms with Crippen molar-refractivity contribution in [3.63, 3.8) is 0 Å². The van der Waals surface area contributed by atoms with Gasteiger partial charge in [-0.3, -0.25) is 13.6 Å². The van der Waals surface area contributed by atoms with Crippen molar-refractivity contribution in [1.29, 1.82) is 0 Å². The fraction of sp³-hybridized carbons (Fsp3) is 0.308. The van der Waals surface area contributed by atoms with Gasteiger partial charge in [0.05, 0.1) is 17.3 Å². The average Bonchev–Trinajstić information content (AvgIpc) is 2.83. The second-order valence-electron chi connectivity index (χ2n) is 4.54. The Labute approximate surface area is 118 Å². The molecule has 106 valence electrons. The van der Waals surface area contributed by atoms with Crippen molar-refractivity contribution in [3.05, 3.63) is 41.0 Å². The molecule has 2 aromatic rings. The summed E-state index contributed by atoms with van der Waals surface area (Å²) in [6.45, 7) is 3.21. The van der Waals surface area contributed by atoms with Crippen LogP contribution in [0.15, 0.2) is 23.6 Å². The number of hydrogen-bond donors (Lipinski definition) is 0. The lowest BCUT2D eigenvalue weighted by atomic mass is 10.0. The topological polar surface area (TPSA) is 64.8 Å². The van der Waals surface area contributed by atoms with Crippen LogP contribution < -0.4 is 0 Å². The van der Waals surface area contributed by atoms with Gasteiger partial charge in [0.1, 0.15) is 12.1 Å². The molecule has 1 atom stereocenters. The van der Waals surface area contributed by atoms with E-state index >= 15 is 0 Å². The van der Waals surface area contributed by atoms with Crippen molar-refractivity contribution in [1.82, 2.24) is 14.8 Å². The third kappa shape index (κ3) is 2.82. The number of aryl methyl sites for hydroxylation is 2. The van der Waals surface area contributed by atoms with E-state index in [4.69, 9.17) is 0 Å². The van der Waals surface area contributed by atoms with E-state index in [-0.39, 0.29) is 23.3 Å². The summed E-state index contributed by atoms with van der Waals surface area (Å²) in [5.74, 6) is -0.510. The molecule has 0 radical (unpaired) electrons. The van der Waals surface area contributed by atoms with Gasteiger partial charge in [0.15, 0.2) is 5.78 Å². The summed E-state index contributed by atoms with van der Waals surface area (Å²) in [6.07, 6.45) is 2.83. The predicted octanol–water partition coefficient (Wildman–Crippen LogP) is 1.65. The Morgan fingerprint density at radius 1 is 1.35 bits per heavy atom. The monoisotopic (exact) mass is 295 g/mol. The number of hydrogen-bond acceptors (Lipinski definition) is 4. The molecule has 0 unspecified atom stereocenters. The molecule has 0 saturated heterocycles. The summed E-state index contributed by atoms with van der Waals surface area (Å²) in [7, 11) is -1.32. The molecule has 1 aromatic heterocycles. The lowest BCUT2D eigenvalue weighted by Crippen LogP contribution is -2.13. The van der Waals surface area contributed by atoms with Crippen LogP contribution in [0.4, 0.5) is 4.39 Å². The fourth-order valence-electron chi connectivity index (χ4n) is 1.93. The van der Waals surface area contributed by atoms with Gasteiger partial charge in [0.2, 0.25) is 5.16 Å². The number of ketones is 1. The molecule has 0 amide bonds. The lowest BCUT2D eigenvalue weighted by molar-refractivity contribution is 0.0968. The van der Waals surface area contributed by atoms with Crippen molar-refractivity contribution in [2.45, 2.75) is 25.5 Å². The minimum absolute atomic E-state index is 0.0214. The molecule has 1 heterocycles. The standard InChI is InChI=1S/C13H14FN3O2S/c1-8-4-10(5-9(2)12(8)14)11(18)6-17-7-15-16-13(17)20(3)19/h4-5,7H,6H2,1-3H3/t20-/m0/s1.